The molecule has 1 aliphatic rings. The lowest BCUT2D eigenvalue weighted by Crippen LogP contribution is -2.42. The van der Waals surface area contributed by atoms with Crippen molar-refractivity contribution in [1.82, 2.24) is 4.31 Å². The van der Waals surface area contributed by atoms with Crippen LogP contribution in [0.5, 0.6) is 0 Å². The minimum absolute atomic E-state index is 0.0774. The molecule has 0 spiro atoms. The summed E-state index contributed by atoms with van der Waals surface area (Å²) in [5.74, 6) is 0.273. The Hall–Kier alpha value is -0.420. The molecule has 0 aromatic carbocycles. The zero-order chi connectivity index (χ0) is 12.9. The van der Waals surface area contributed by atoms with Crippen LogP contribution in [0, 0.1) is 0 Å². The molecule has 0 aromatic heterocycles. The SMILES string of the molecule is CCCS(=O)(=O)N1CCCCCC1CC(C)=O. The van der Waals surface area contributed by atoms with Crippen LogP contribution in [0.25, 0.3) is 0 Å². The molecule has 1 atom stereocenters. The quantitative estimate of drug-likeness (QED) is 0.760. The Morgan fingerprint density at radius 1 is 1.29 bits per heavy atom. The molecule has 0 bridgehead atoms. The monoisotopic (exact) mass is 261 g/mol. The number of nitrogens with zero attached hydrogens (tertiary/aromatic N) is 1. The van der Waals surface area contributed by atoms with Gasteiger partial charge in [0.25, 0.3) is 0 Å². The highest BCUT2D eigenvalue weighted by molar-refractivity contribution is 7.89. The van der Waals surface area contributed by atoms with Crippen molar-refractivity contribution in [2.24, 2.45) is 0 Å². The predicted molar refractivity (Wildman–Crippen MR) is 68.3 cm³/mol. The lowest BCUT2D eigenvalue weighted by molar-refractivity contribution is -0.117. The highest BCUT2D eigenvalue weighted by Crippen LogP contribution is 2.23. The zero-order valence-electron chi connectivity index (χ0n) is 10.8. The van der Waals surface area contributed by atoms with Crippen molar-refractivity contribution in [3.63, 3.8) is 0 Å². The number of ketones is 1. The zero-order valence-corrected chi connectivity index (χ0v) is 11.6. The van der Waals surface area contributed by atoms with Gasteiger partial charge >= 0.3 is 0 Å². The third-order valence-electron chi connectivity index (χ3n) is 3.17. The summed E-state index contributed by atoms with van der Waals surface area (Å²) in [5, 5.41) is 0. The van der Waals surface area contributed by atoms with E-state index >= 15 is 0 Å². The summed E-state index contributed by atoms with van der Waals surface area (Å²) in [7, 11) is -3.17. The second-order valence-electron chi connectivity index (χ2n) is 4.84. The Labute approximate surface area is 104 Å². The van der Waals surface area contributed by atoms with Gasteiger partial charge in [0.1, 0.15) is 5.78 Å². The van der Waals surface area contributed by atoms with Crippen molar-refractivity contribution in [2.45, 2.75) is 58.4 Å². The van der Waals surface area contributed by atoms with Gasteiger partial charge < -0.3 is 0 Å². The van der Waals surface area contributed by atoms with E-state index in [0.717, 1.165) is 25.7 Å². The number of sulfonamides is 1. The summed E-state index contributed by atoms with van der Waals surface area (Å²) >= 11 is 0. The fourth-order valence-electron chi connectivity index (χ4n) is 2.43. The lowest BCUT2D eigenvalue weighted by atomic mass is 10.1. The third-order valence-corrected chi connectivity index (χ3v) is 5.29. The molecule has 4 nitrogen and oxygen atoms in total. The molecule has 1 fully saturated rings. The Morgan fingerprint density at radius 2 is 2.00 bits per heavy atom. The maximum atomic E-state index is 12.1. The summed E-state index contributed by atoms with van der Waals surface area (Å²) in [6, 6.07) is -0.105. The average Bonchev–Trinajstić information content (AvgIpc) is 2.42. The highest BCUT2D eigenvalue weighted by atomic mass is 32.2. The van der Waals surface area contributed by atoms with Crippen LogP contribution in [0.3, 0.4) is 0 Å². The minimum atomic E-state index is -3.17. The van der Waals surface area contributed by atoms with Crippen molar-refractivity contribution in [1.29, 1.82) is 0 Å². The Balaban J connectivity index is 2.85. The normalized spacial score (nSPS) is 23.3. The Bertz CT molecular complexity index is 351. The molecule has 0 aromatic rings. The van der Waals surface area contributed by atoms with Crippen molar-refractivity contribution in [2.75, 3.05) is 12.3 Å². The fourth-order valence-corrected chi connectivity index (χ4v) is 4.22. The Kier molecular flexibility index (Phi) is 5.59. The van der Waals surface area contributed by atoms with E-state index in [1.54, 1.807) is 4.31 Å². The maximum absolute atomic E-state index is 12.1. The molecule has 100 valence electrons. The van der Waals surface area contributed by atoms with Crippen molar-refractivity contribution in [3.8, 4) is 0 Å². The fraction of sp³-hybridized carbons (Fsp3) is 0.917. The number of Topliss-reactive ketones (excluding diaryl/α,β-unsaturated/α-hetero) is 1. The molecular formula is C12H23NO3S. The molecule has 0 radical (unpaired) electrons. The minimum Gasteiger partial charge on any atom is -0.300 e. The molecule has 17 heavy (non-hydrogen) atoms. The van der Waals surface area contributed by atoms with Crippen LogP contribution >= 0.6 is 0 Å². The number of carbonyl (C=O) groups is 1. The summed E-state index contributed by atoms with van der Waals surface area (Å²) in [6.07, 6.45) is 4.82. The first-order chi connectivity index (χ1) is 7.97. The van der Waals surface area contributed by atoms with E-state index in [1.807, 2.05) is 6.92 Å². The first-order valence-electron chi connectivity index (χ1n) is 6.46. The molecule has 5 heteroatoms. The van der Waals surface area contributed by atoms with E-state index < -0.39 is 10.0 Å². The van der Waals surface area contributed by atoms with E-state index in [-0.39, 0.29) is 17.6 Å². The van der Waals surface area contributed by atoms with Crippen LogP contribution in [0.1, 0.15) is 52.4 Å². The van der Waals surface area contributed by atoms with Gasteiger partial charge in [0.15, 0.2) is 0 Å². The standard InChI is InChI=1S/C12H23NO3S/c1-3-9-17(15,16)13-8-6-4-5-7-12(13)10-11(2)14/h12H,3-10H2,1-2H3. The second kappa shape index (κ2) is 6.50. The Morgan fingerprint density at radius 3 is 2.59 bits per heavy atom. The summed E-state index contributed by atoms with van der Waals surface area (Å²) in [4.78, 5) is 11.2. The predicted octanol–water partition coefficient (Wildman–Crippen LogP) is 1.95. The van der Waals surface area contributed by atoms with Gasteiger partial charge in [-0.2, -0.15) is 4.31 Å². The van der Waals surface area contributed by atoms with Gasteiger partial charge in [0.2, 0.25) is 10.0 Å². The van der Waals surface area contributed by atoms with Crippen LogP contribution in [0.4, 0.5) is 0 Å². The smallest absolute Gasteiger partial charge is 0.214 e. The topological polar surface area (TPSA) is 54.5 Å². The van der Waals surface area contributed by atoms with Gasteiger partial charge in [-0.3, -0.25) is 4.79 Å². The summed E-state index contributed by atoms with van der Waals surface area (Å²) in [5.41, 5.74) is 0. The molecule has 1 rings (SSSR count). The molecule has 1 aliphatic heterocycles. The number of hydrogen-bond acceptors (Lipinski definition) is 3. The first kappa shape index (κ1) is 14.6. The average molecular weight is 261 g/mol. The van der Waals surface area contributed by atoms with Gasteiger partial charge in [0, 0.05) is 19.0 Å². The number of carbonyl (C=O) groups excluding carboxylic acids is 1. The lowest BCUT2D eigenvalue weighted by Gasteiger charge is -2.28. The largest absolute Gasteiger partial charge is 0.300 e. The second-order valence-corrected chi connectivity index (χ2v) is 6.88. The first-order valence-corrected chi connectivity index (χ1v) is 8.07. The molecule has 0 saturated carbocycles. The summed E-state index contributed by atoms with van der Waals surface area (Å²) < 4.78 is 25.9. The van der Waals surface area contributed by atoms with Crippen molar-refractivity contribution in [3.05, 3.63) is 0 Å². The van der Waals surface area contributed by atoms with E-state index in [4.69, 9.17) is 0 Å². The molecule has 1 saturated heterocycles. The molecule has 0 N–H and O–H groups in total. The van der Waals surface area contributed by atoms with Crippen LogP contribution in [0.2, 0.25) is 0 Å². The number of hydrogen-bond donors (Lipinski definition) is 0. The van der Waals surface area contributed by atoms with Gasteiger partial charge in [-0.05, 0) is 26.2 Å². The van der Waals surface area contributed by atoms with Crippen molar-refractivity contribution >= 4 is 15.8 Å². The molecule has 0 amide bonds. The van der Waals surface area contributed by atoms with Crippen molar-refractivity contribution < 1.29 is 13.2 Å². The van der Waals surface area contributed by atoms with E-state index in [9.17, 15) is 13.2 Å². The van der Waals surface area contributed by atoms with Crippen LogP contribution in [0.15, 0.2) is 0 Å². The molecule has 1 unspecified atom stereocenters. The highest BCUT2D eigenvalue weighted by Gasteiger charge is 2.30. The van der Waals surface area contributed by atoms with Gasteiger partial charge in [-0.15, -0.1) is 0 Å². The van der Waals surface area contributed by atoms with Crippen LogP contribution < -0.4 is 0 Å². The third kappa shape index (κ3) is 4.39. The maximum Gasteiger partial charge on any atom is 0.214 e. The summed E-state index contributed by atoms with van der Waals surface area (Å²) in [6.45, 7) is 3.99. The van der Waals surface area contributed by atoms with E-state index in [2.05, 4.69) is 0 Å². The van der Waals surface area contributed by atoms with Crippen LogP contribution in [-0.2, 0) is 14.8 Å². The number of rotatable bonds is 5. The van der Waals surface area contributed by atoms with Gasteiger partial charge in [-0.25, -0.2) is 8.42 Å². The van der Waals surface area contributed by atoms with E-state index in [1.165, 1.54) is 6.92 Å². The molecule has 0 aliphatic carbocycles. The van der Waals surface area contributed by atoms with Gasteiger partial charge in [-0.1, -0.05) is 19.8 Å². The molecular weight excluding hydrogens is 238 g/mol. The van der Waals surface area contributed by atoms with Crippen LogP contribution in [-0.4, -0.2) is 36.8 Å². The molecule has 1 heterocycles. The van der Waals surface area contributed by atoms with E-state index in [0.29, 0.717) is 19.4 Å². The van der Waals surface area contributed by atoms with Gasteiger partial charge in [0.05, 0.1) is 5.75 Å².